The van der Waals surface area contributed by atoms with E-state index in [2.05, 4.69) is 0 Å². The molecular weight excluding hydrogens is 216 g/mol. The number of rotatable bonds is 5. The standard InChI is InChI=1S/C10H10O4S/c11-9(12)6-15-5-7-1-3-8(4-2-7)10(13)14/h1-4H,5-6H2,(H,11,12)(H,13,14). The molecule has 2 N–H and O–H groups in total. The number of carboxylic acid groups (broad SMARTS) is 2. The van der Waals surface area contributed by atoms with Gasteiger partial charge in [0.15, 0.2) is 0 Å². The van der Waals surface area contributed by atoms with Crippen LogP contribution in [0.15, 0.2) is 24.3 Å². The molecule has 1 aromatic rings. The van der Waals surface area contributed by atoms with Crippen molar-refractivity contribution >= 4 is 23.7 Å². The van der Waals surface area contributed by atoms with Gasteiger partial charge in [-0.1, -0.05) is 12.1 Å². The molecular formula is C10H10O4S. The molecule has 0 spiro atoms. The zero-order valence-corrected chi connectivity index (χ0v) is 8.66. The fraction of sp³-hybridized carbons (Fsp3) is 0.200. The fourth-order valence-electron chi connectivity index (χ4n) is 1.000. The van der Waals surface area contributed by atoms with Crippen LogP contribution < -0.4 is 0 Å². The van der Waals surface area contributed by atoms with Crippen LogP contribution in [0.1, 0.15) is 15.9 Å². The van der Waals surface area contributed by atoms with Crippen LogP contribution in [-0.2, 0) is 10.5 Å². The quantitative estimate of drug-likeness (QED) is 0.799. The molecule has 1 aromatic carbocycles. The highest BCUT2D eigenvalue weighted by Gasteiger charge is 2.02. The summed E-state index contributed by atoms with van der Waals surface area (Å²) in [6, 6.07) is 6.41. The molecule has 0 bridgehead atoms. The maximum atomic E-state index is 10.5. The van der Waals surface area contributed by atoms with E-state index >= 15 is 0 Å². The summed E-state index contributed by atoms with van der Waals surface area (Å²) in [4.78, 5) is 20.8. The van der Waals surface area contributed by atoms with Gasteiger partial charge in [-0.3, -0.25) is 4.79 Å². The second-order valence-electron chi connectivity index (χ2n) is 2.89. The van der Waals surface area contributed by atoms with Crippen LogP contribution >= 0.6 is 11.8 Å². The first-order valence-corrected chi connectivity index (χ1v) is 5.37. The molecule has 1 rings (SSSR count). The first-order valence-electron chi connectivity index (χ1n) is 4.21. The Morgan fingerprint density at radius 3 is 2.20 bits per heavy atom. The van der Waals surface area contributed by atoms with Crippen molar-refractivity contribution in [1.82, 2.24) is 0 Å². The summed E-state index contributed by atoms with van der Waals surface area (Å²) in [5.41, 5.74) is 1.16. The molecule has 15 heavy (non-hydrogen) atoms. The lowest BCUT2D eigenvalue weighted by atomic mass is 10.1. The number of hydrogen-bond acceptors (Lipinski definition) is 3. The minimum absolute atomic E-state index is 0.0562. The highest BCUT2D eigenvalue weighted by Crippen LogP contribution is 2.12. The highest BCUT2D eigenvalue weighted by molar-refractivity contribution is 7.99. The van der Waals surface area contributed by atoms with Gasteiger partial charge in [0.2, 0.25) is 0 Å². The molecule has 4 nitrogen and oxygen atoms in total. The predicted octanol–water partition coefficient (Wildman–Crippen LogP) is 1.70. The zero-order chi connectivity index (χ0) is 11.3. The van der Waals surface area contributed by atoms with Gasteiger partial charge in [0.1, 0.15) is 0 Å². The molecule has 0 amide bonds. The van der Waals surface area contributed by atoms with Gasteiger partial charge < -0.3 is 10.2 Å². The van der Waals surface area contributed by atoms with Gasteiger partial charge in [-0.05, 0) is 17.7 Å². The van der Waals surface area contributed by atoms with Gasteiger partial charge in [-0.25, -0.2) is 4.79 Å². The minimum Gasteiger partial charge on any atom is -0.481 e. The second kappa shape index (κ2) is 5.41. The topological polar surface area (TPSA) is 74.6 Å². The number of benzene rings is 1. The van der Waals surface area contributed by atoms with Gasteiger partial charge in [-0.2, -0.15) is 0 Å². The summed E-state index contributed by atoms with van der Waals surface area (Å²) in [6.45, 7) is 0. The van der Waals surface area contributed by atoms with Crippen LogP contribution in [-0.4, -0.2) is 27.9 Å². The average Bonchev–Trinajstić information content (AvgIpc) is 2.18. The Balaban J connectivity index is 2.50. The first-order chi connectivity index (χ1) is 7.09. The average molecular weight is 226 g/mol. The molecule has 0 heterocycles. The van der Waals surface area contributed by atoms with Crippen molar-refractivity contribution in [2.24, 2.45) is 0 Å². The van der Waals surface area contributed by atoms with Crippen LogP contribution in [0, 0.1) is 0 Å². The Labute approximate surface area is 90.9 Å². The predicted molar refractivity (Wildman–Crippen MR) is 57.2 cm³/mol. The van der Waals surface area contributed by atoms with Crippen LogP contribution in [0.2, 0.25) is 0 Å². The third kappa shape index (κ3) is 4.03. The molecule has 0 atom stereocenters. The Kier molecular flexibility index (Phi) is 4.17. The van der Waals surface area contributed by atoms with Crippen LogP contribution in [0.25, 0.3) is 0 Å². The van der Waals surface area contributed by atoms with E-state index in [4.69, 9.17) is 10.2 Å². The third-order valence-corrected chi connectivity index (χ3v) is 2.68. The molecule has 80 valence electrons. The van der Waals surface area contributed by atoms with E-state index in [-0.39, 0.29) is 11.3 Å². The van der Waals surface area contributed by atoms with E-state index in [0.717, 1.165) is 5.56 Å². The normalized spacial score (nSPS) is 9.87. The Morgan fingerprint density at radius 2 is 1.73 bits per heavy atom. The van der Waals surface area contributed by atoms with Crippen molar-refractivity contribution in [2.75, 3.05) is 5.75 Å². The summed E-state index contributed by atoms with van der Waals surface area (Å²) < 4.78 is 0. The van der Waals surface area contributed by atoms with Crippen molar-refractivity contribution in [3.8, 4) is 0 Å². The molecule has 0 radical (unpaired) electrons. The molecule has 0 saturated carbocycles. The summed E-state index contributed by atoms with van der Waals surface area (Å²) in [7, 11) is 0. The van der Waals surface area contributed by atoms with Gasteiger partial charge in [0.05, 0.1) is 11.3 Å². The number of carbonyl (C=O) groups is 2. The van der Waals surface area contributed by atoms with Crippen LogP contribution in [0.3, 0.4) is 0 Å². The molecule has 0 aliphatic rings. The lowest BCUT2D eigenvalue weighted by molar-refractivity contribution is -0.133. The third-order valence-electron chi connectivity index (χ3n) is 1.70. The number of aliphatic carboxylic acids is 1. The number of thioether (sulfide) groups is 1. The molecule has 0 saturated heterocycles. The molecule has 0 fully saturated rings. The highest BCUT2D eigenvalue weighted by atomic mass is 32.2. The molecule has 0 unspecified atom stereocenters. The fourth-order valence-corrected chi connectivity index (χ4v) is 1.70. The van der Waals surface area contributed by atoms with E-state index < -0.39 is 11.9 Å². The summed E-state index contributed by atoms with van der Waals surface area (Å²) in [6.07, 6.45) is 0. The molecule has 0 aliphatic carbocycles. The Hall–Kier alpha value is -1.49. The van der Waals surface area contributed by atoms with E-state index in [1.807, 2.05) is 0 Å². The van der Waals surface area contributed by atoms with E-state index in [9.17, 15) is 9.59 Å². The van der Waals surface area contributed by atoms with E-state index in [0.29, 0.717) is 5.75 Å². The maximum absolute atomic E-state index is 10.5. The van der Waals surface area contributed by atoms with Crippen LogP contribution in [0.4, 0.5) is 0 Å². The zero-order valence-electron chi connectivity index (χ0n) is 7.84. The number of carboxylic acids is 2. The lowest BCUT2D eigenvalue weighted by Crippen LogP contribution is -1.99. The Bertz CT molecular complexity index is 358. The van der Waals surface area contributed by atoms with Gasteiger partial charge in [-0.15, -0.1) is 11.8 Å². The SMILES string of the molecule is O=C(O)CSCc1ccc(C(=O)O)cc1. The van der Waals surface area contributed by atoms with Crippen molar-refractivity contribution in [1.29, 1.82) is 0 Å². The monoisotopic (exact) mass is 226 g/mol. The smallest absolute Gasteiger partial charge is 0.335 e. The summed E-state index contributed by atoms with van der Waals surface area (Å²) >= 11 is 1.28. The molecule has 0 aromatic heterocycles. The summed E-state index contributed by atoms with van der Waals surface area (Å²) in [5.74, 6) is -1.17. The summed E-state index contributed by atoms with van der Waals surface area (Å²) in [5, 5.41) is 17.1. The Morgan fingerprint density at radius 1 is 1.13 bits per heavy atom. The van der Waals surface area contributed by atoms with E-state index in [1.54, 1.807) is 12.1 Å². The van der Waals surface area contributed by atoms with Crippen LogP contribution in [0.5, 0.6) is 0 Å². The van der Waals surface area contributed by atoms with Gasteiger partial charge >= 0.3 is 11.9 Å². The maximum Gasteiger partial charge on any atom is 0.335 e. The molecule has 0 aliphatic heterocycles. The van der Waals surface area contributed by atoms with E-state index in [1.165, 1.54) is 23.9 Å². The van der Waals surface area contributed by atoms with Crippen molar-refractivity contribution < 1.29 is 19.8 Å². The van der Waals surface area contributed by atoms with Gasteiger partial charge in [0.25, 0.3) is 0 Å². The largest absolute Gasteiger partial charge is 0.481 e. The second-order valence-corrected chi connectivity index (χ2v) is 3.87. The van der Waals surface area contributed by atoms with Gasteiger partial charge in [0, 0.05) is 5.75 Å². The van der Waals surface area contributed by atoms with Crippen molar-refractivity contribution in [2.45, 2.75) is 5.75 Å². The lowest BCUT2D eigenvalue weighted by Gasteiger charge is -2.00. The first kappa shape index (κ1) is 11.6. The van der Waals surface area contributed by atoms with Crippen molar-refractivity contribution in [3.05, 3.63) is 35.4 Å². The number of hydrogen-bond donors (Lipinski definition) is 2. The minimum atomic E-state index is -0.959. The van der Waals surface area contributed by atoms with Crippen molar-refractivity contribution in [3.63, 3.8) is 0 Å². The molecule has 5 heteroatoms. The number of aromatic carboxylic acids is 1.